The Morgan fingerprint density at radius 1 is 1.28 bits per heavy atom. The molecular formula is C12H14F4N2. The number of nitrogens with zero attached hydrogens (tertiary/aromatic N) is 1. The van der Waals surface area contributed by atoms with Crippen molar-refractivity contribution in [1.29, 1.82) is 0 Å². The molecule has 1 N–H and O–H groups in total. The fourth-order valence-corrected chi connectivity index (χ4v) is 1.91. The number of hydrogen-bond acceptors (Lipinski definition) is 2. The molecule has 0 saturated carbocycles. The van der Waals surface area contributed by atoms with E-state index < -0.39 is 17.6 Å². The first-order chi connectivity index (χ1) is 8.36. The number of alkyl halides is 3. The predicted octanol–water partition coefficient (Wildman–Crippen LogP) is 2.25. The lowest BCUT2D eigenvalue weighted by Gasteiger charge is -2.35. The van der Waals surface area contributed by atoms with Crippen molar-refractivity contribution in [2.45, 2.75) is 18.8 Å². The number of rotatable bonds is 3. The van der Waals surface area contributed by atoms with Gasteiger partial charge in [-0.1, -0.05) is 0 Å². The summed E-state index contributed by atoms with van der Waals surface area (Å²) in [6.45, 7) is 1.95. The van der Waals surface area contributed by atoms with Gasteiger partial charge in [-0.05, 0) is 30.8 Å². The van der Waals surface area contributed by atoms with Gasteiger partial charge in [-0.2, -0.15) is 13.2 Å². The van der Waals surface area contributed by atoms with E-state index in [2.05, 4.69) is 5.32 Å². The molecule has 0 unspecified atom stereocenters. The number of hydrogen-bond donors (Lipinski definition) is 1. The Labute approximate surface area is 103 Å². The van der Waals surface area contributed by atoms with Crippen molar-refractivity contribution in [2.75, 3.05) is 20.1 Å². The van der Waals surface area contributed by atoms with Crippen LogP contribution in [0.3, 0.4) is 0 Å². The molecule has 0 aromatic heterocycles. The minimum absolute atomic E-state index is 0.308. The highest BCUT2D eigenvalue weighted by Crippen LogP contribution is 2.30. The molecule has 2 nitrogen and oxygen atoms in total. The Morgan fingerprint density at radius 2 is 1.94 bits per heavy atom. The summed E-state index contributed by atoms with van der Waals surface area (Å²) in [5, 5.41) is 3.08. The van der Waals surface area contributed by atoms with Crippen LogP contribution in [0.2, 0.25) is 0 Å². The lowest BCUT2D eigenvalue weighted by atomic mass is 10.1. The number of halogens is 4. The molecule has 0 atom stereocenters. The van der Waals surface area contributed by atoms with Crippen LogP contribution in [-0.4, -0.2) is 31.1 Å². The molecule has 1 fully saturated rings. The van der Waals surface area contributed by atoms with Crippen LogP contribution < -0.4 is 5.32 Å². The van der Waals surface area contributed by atoms with Crippen LogP contribution in [0.4, 0.5) is 17.6 Å². The quantitative estimate of drug-likeness (QED) is 0.840. The van der Waals surface area contributed by atoms with Gasteiger partial charge in [-0.25, -0.2) is 4.39 Å². The molecule has 1 aliphatic heterocycles. The van der Waals surface area contributed by atoms with Gasteiger partial charge in [0, 0.05) is 25.7 Å². The first-order valence-electron chi connectivity index (χ1n) is 5.64. The van der Waals surface area contributed by atoms with Crippen LogP contribution in [0.1, 0.15) is 11.1 Å². The average Bonchev–Trinajstić information content (AvgIpc) is 2.11. The van der Waals surface area contributed by atoms with Crippen LogP contribution in [0.5, 0.6) is 0 Å². The first-order valence-corrected chi connectivity index (χ1v) is 5.64. The Balaban J connectivity index is 2.14. The molecule has 6 heteroatoms. The van der Waals surface area contributed by atoms with Gasteiger partial charge in [0.25, 0.3) is 0 Å². The van der Waals surface area contributed by atoms with E-state index in [1.807, 2.05) is 11.9 Å². The van der Waals surface area contributed by atoms with Crippen LogP contribution in [-0.2, 0) is 12.7 Å². The second-order valence-corrected chi connectivity index (χ2v) is 4.57. The lowest BCUT2D eigenvalue weighted by molar-refractivity contribution is -0.137. The standard InChI is InChI=1S/C12H14F4N2/c1-18(11-5-17-6-11)7-8-2-9(12(14,15)16)4-10(13)3-8/h2-4,11,17H,5-7H2,1H3. The van der Waals surface area contributed by atoms with Gasteiger partial charge in [0.1, 0.15) is 5.82 Å². The third-order valence-electron chi connectivity index (χ3n) is 3.10. The first kappa shape index (κ1) is 13.3. The van der Waals surface area contributed by atoms with Crippen LogP contribution >= 0.6 is 0 Å². The highest BCUT2D eigenvalue weighted by Gasteiger charge is 2.31. The van der Waals surface area contributed by atoms with Crippen molar-refractivity contribution >= 4 is 0 Å². The molecular weight excluding hydrogens is 248 g/mol. The molecule has 0 spiro atoms. The van der Waals surface area contributed by atoms with Gasteiger partial charge in [-0.3, -0.25) is 4.90 Å². The molecule has 1 aromatic rings. The Kier molecular flexibility index (Phi) is 3.59. The fraction of sp³-hybridized carbons (Fsp3) is 0.500. The molecule has 100 valence electrons. The molecule has 1 aliphatic rings. The van der Waals surface area contributed by atoms with E-state index in [0.717, 1.165) is 25.2 Å². The number of likely N-dealkylation sites (N-methyl/N-ethyl adjacent to an activating group) is 1. The fourth-order valence-electron chi connectivity index (χ4n) is 1.91. The molecule has 0 amide bonds. The molecule has 0 bridgehead atoms. The summed E-state index contributed by atoms with van der Waals surface area (Å²) in [7, 11) is 1.82. The van der Waals surface area contributed by atoms with E-state index in [9.17, 15) is 17.6 Å². The minimum Gasteiger partial charge on any atom is -0.314 e. The van der Waals surface area contributed by atoms with E-state index >= 15 is 0 Å². The predicted molar refractivity (Wildman–Crippen MR) is 59.5 cm³/mol. The van der Waals surface area contributed by atoms with Crippen molar-refractivity contribution in [3.8, 4) is 0 Å². The summed E-state index contributed by atoms with van der Waals surface area (Å²) in [5.74, 6) is -0.847. The molecule has 0 radical (unpaired) electrons. The third-order valence-corrected chi connectivity index (χ3v) is 3.10. The Bertz CT molecular complexity index is 427. The van der Waals surface area contributed by atoms with E-state index in [1.54, 1.807) is 0 Å². The van der Waals surface area contributed by atoms with Crippen molar-refractivity contribution < 1.29 is 17.6 Å². The molecule has 18 heavy (non-hydrogen) atoms. The van der Waals surface area contributed by atoms with Gasteiger partial charge in [-0.15, -0.1) is 0 Å². The highest BCUT2D eigenvalue weighted by molar-refractivity contribution is 5.26. The van der Waals surface area contributed by atoms with Crippen molar-refractivity contribution in [1.82, 2.24) is 10.2 Å². The van der Waals surface area contributed by atoms with Gasteiger partial charge in [0.2, 0.25) is 0 Å². The molecule has 1 aromatic carbocycles. The molecule has 1 saturated heterocycles. The lowest BCUT2D eigenvalue weighted by Crippen LogP contribution is -2.55. The van der Waals surface area contributed by atoms with Gasteiger partial charge in [0.05, 0.1) is 5.56 Å². The molecule has 1 heterocycles. The zero-order valence-electron chi connectivity index (χ0n) is 9.89. The molecule has 0 aliphatic carbocycles. The Morgan fingerprint density at radius 3 is 2.44 bits per heavy atom. The third kappa shape index (κ3) is 3.00. The second-order valence-electron chi connectivity index (χ2n) is 4.57. The van der Waals surface area contributed by atoms with Gasteiger partial charge >= 0.3 is 6.18 Å². The highest BCUT2D eigenvalue weighted by atomic mass is 19.4. The zero-order valence-corrected chi connectivity index (χ0v) is 9.89. The van der Waals surface area contributed by atoms with Crippen LogP contribution in [0.25, 0.3) is 0 Å². The van der Waals surface area contributed by atoms with Gasteiger partial charge < -0.3 is 5.32 Å². The monoisotopic (exact) mass is 262 g/mol. The average molecular weight is 262 g/mol. The van der Waals surface area contributed by atoms with Gasteiger partial charge in [0.15, 0.2) is 0 Å². The zero-order chi connectivity index (χ0) is 13.3. The van der Waals surface area contributed by atoms with E-state index in [4.69, 9.17) is 0 Å². The largest absolute Gasteiger partial charge is 0.416 e. The summed E-state index contributed by atoms with van der Waals surface area (Å²) in [6, 6.07) is 2.99. The van der Waals surface area contributed by atoms with Crippen molar-refractivity contribution in [3.05, 3.63) is 35.1 Å². The normalized spacial score (nSPS) is 17.0. The van der Waals surface area contributed by atoms with Crippen LogP contribution in [0, 0.1) is 5.82 Å². The minimum atomic E-state index is -4.51. The van der Waals surface area contributed by atoms with E-state index in [-0.39, 0.29) is 0 Å². The smallest absolute Gasteiger partial charge is 0.314 e. The van der Waals surface area contributed by atoms with Crippen LogP contribution in [0.15, 0.2) is 18.2 Å². The maximum atomic E-state index is 13.2. The second kappa shape index (κ2) is 4.85. The number of benzene rings is 1. The number of nitrogens with one attached hydrogen (secondary N) is 1. The summed E-state index contributed by atoms with van der Waals surface area (Å²) in [5.41, 5.74) is -0.589. The summed E-state index contributed by atoms with van der Waals surface area (Å²) >= 11 is 0. The maximum Gasteiger partial charge on any atom is 0.416 e. The molecule has 2 rings (SSSR count). The maximum absolute atomic E-state index is 13.2. The van der Waals surface area contributed by atoms with Crippen molar-refractivity contribution in [3.63, 3.8) is 0 Å². The summed E-state index contributed by atoms with van der Waals surface area (Å²) in [4.78, 5) is 1.92. The van der Waals surface area contributed by atoms with Crippen molar-refractivity contribution in [2.24, 2.45) is 0 Å². The SMILES string of the molecule is CN(Cc1cc(F)cc(C(F)(F)F)c1)C1CNC1. The summed E-state index contributed by atoms with van der Waals surface area (Å²) in [6.07, 6.45) is -4.51. The summed E-state index contributed by atoms with van der Waals surface area (Å²) < 4.78 is 50.8. The topological polar surface area (TPSA) is 15.3 Å². The van der Waals surface area contributed by atoms with E-state index in [1.165, 1.54) is 0 Å². The Hall–Kier alpha value is -1.14. The van der Waals surface area contributed by atoms with E-state index in [0.29, 0.717) is 24.2 Å².